The number of esters is 1. The number of carbonyl (C=O) groups is 4. The van der Waals surface area contributed by atoms with Gasteiger partial charge in [-0.2, -0.15) is 0 Å². The predicted molar refractivity (Wildman–Crippen MR) is 212 cm³/mol. The highest BCUT2D eigenvalue weighted by Gasteiger charge is 2.36. The maximum Gasteiger partial charge on any atom is 0.308 e. The Bertz CT molecular complexity index is 1030. The number of ether oxygens (including phenoxy) is 11. The lowest BCUT2D eigenvalue weighted by atomic mass is 10.1. The number of carbonyl (C=O) groups excluding carboxylic acids is 4. The number of rotatable bonds is 40. The molecule has 1 N–H and O–H groups in total. The maximum absolute atomic E-state index is 11.9. The number of nitrogens with one attached hydrogen (secondary N) is 1. The fourth-order valence-electron chi connectivity index (χ4n) is 4.29. The van der Waals surface area contributed by atoms with Gasteiger partial charge in [0.25, 0.3) is 0 Å². The highest BCUT2D eigenvalue weighted by Crippen LogP contribution is 2.35. The van der Waals surface area contributed by atoms with Crippen LogP contribution in [0.25, 0.3) is 0 Å². The van der Waals surface area contributed by atoms with E-state index in [0.29, 0.717) is 139 Å². The summed E-state index contributed by atoms with van der Waals surface area (Å²) in [7, 11) is 3.40. The normalized spacial score (nSPS) is 14.7. The van der Waals surface area contributed by atoms with Crippen LogP contribution in [0.1, 0.15) is 41.0 Å². The van der Waals surface area contributed by atoms with Crippen LogP contribution in [0.5, 0.6) is 0 Å². The van der Waals surface area contributed by atoms with Gasteiger partial charge in [-0.25, -0.2) is 0 Å². The third kappa shape index (κ3) is 30.5. The molecule has 0 aromatic carbocycles. The summed E-state index contributed by atoms with van der Waals surface area (Å²) in [4.78, 5) is 48.1. The topological polar surface area (TPSA) is 185 Å². The van der Waals surface area contributed by atoms with Crippen LogP contribution in [0, 0.1) is 11.8 Å². The molecule has 0 radical (unpaired) electrons. The fraction of sp³-hybridized carbons (Fsp3) is 0.892. The van der Waals surface area contributed by atoms with Crippen LogP contribution in [-0.4, -0.2) is 191 Å². The highest BCUT2D eigenvalue weighted by atomic mass is 33.1. The molecule has 1 saturated heterocycles. The Hall–Kier alpha value is -1.62. The van der Waals surface area contributed by atoms with Crippen molar-refractivity contribution in [1.82, 2.24) is 10.2 Å². The molecule has 0 aromatic rings. The molecule has 3 amide bonds. The SMILES string of the molecule is CC(C)C(=O)OCC(C)(C)SSCCOCCOCCOCCOCCOCCOCCOCCOCCOCCOCCNC(=O)CN1C(=O)CC(C)C1=O. The Labute approximate surface area is 341 Å². The summed E-state index contributed by atoms with van der Waals surface area (Å²) in [6.45, 7) is 19.2. The quantitative estimate of drug-likeness (QED) is 0.0409. The smallest absolute Gasteiger partial charge is 0.308 e. The maximum atomic E-state index is 11.9. The van der Waals surface area contributed by atoms with Crippen molar-refractivity contribution in [1.29, 1.82) is 0 Å². The van der Waals surface area contributed by atoms with E-state index in [0.717, 1.165) is 10.7 Å². The molecular formula is C37H68N2O15S2. The van der Waals surface area contributed by atoms with Gasteiger partial charge in [-0.15, -0.1) is 0 Å². The zero-order chi connectivity index (χ0) is 41.1. The molecule has 0 aromatic heterocycles. The van der Waals surface area contributed by atoms with Crippen molar-refractivity contribution >= 4 is 45.3 Å². The van der Waals surface area contributed by atoms with Gasteiger partial charge in [-0.3, -0.25) is 24.1 Å². The summed E-state index contributed by atoms with van der Waals surface area (Å²) < 4.78 is 60.1. The Morgan fingerprint density at radius 2 is 1.04 bits per heavy atom. The summed E-state index contributed by atoms with van der Waals surface area (Å²) >= 11 is 0. The average molecular weight is 845 g/mol. The molecule has 19 heteroatoms. The van der Waals surface area contributed by atoms with E-state index in [1.54, 1.807) is 28.5 Å². The fourth-order valence-corrected chi connectivity index (χ4v) is 6.54. The molecule has 1 heterocycles. The lowest BCUT2D eigenvalue weighted by Crippen LogP contribution is -2.41. The lowest BCUT2D eigenvalue weighted by molar-refractivity contribution is -0.148. The second kappa shape index (κ2) is 35.3. The third-order valence-corrected chi connectivity index (χ3v) is 10.5. The Kier molecular flexibility index (Phi) is 33.1. The minimum absolute atomic E-state index is 0.111. The van der Waals surface area contributed by atoms with Gasteiger partial charge in [-0.1, -0.05) is 42.4 Å². The molecule has 1 unspecified atom stereocenters. The minimum atomic E-state index is -0.391. The zero-order valence-corrected chi connectivity index (χ0v) is 35.9. The molecule has 1 aliphatic heterocycles. The molecule has 1 atom stereocenters. The number of nitrogens with zero attached hydrogens (tertiary/aromatic N) is 1. The van der Waals surface area contributed by atoms with Crippen LogP contribution >= 0.6 is 21.6 Å². The standard InChI is InChI=1S/C37H68N2O15S2/c1-31(2)36(43)54-30-37(4,5)56-55-27-26-53-25-24-52-23-22-51-21-20-50-19-18-49-17-16-48-15-14-47-13-12-46-11-10-45-9-8-44-7-6-38-33(40)29-39-34(41)28-32(3)35(39)42/h31-32H,6-30H2,1-5H3,(H,38,40). The van der Waals surface area contributed by atoms with Gasteiger partial charge in [0.2, 0.25) is 17.7 Å². The molecule has 0 bridgehead atoms. The van der Waals surface area contributed by atoms with E-state index >= 15 is 0 Å². The van der Waals surface area contributed by atoms with E-state index in [-0.39, 0.29) is 53.9 Å². The van der Waals surface area contributed by atoms with Gasteiger partial charge < -0.3 is 57.4 Å². The predicted octanol–water partition coefficient (Wildman–Crippen LogP) is 2.02. The van der Waals surface area contributed by atoms with Gasteiger partial charge in [-0.05, 0) is 13.8 Å². The summed E-state index contributed by atoms with van der Waals surface area (Å²) in [6, 6.07) is 0. The van der Waals surface area contributed by atoms with E-state index in [1.807, 2.05) is 13.8 Å². The second-order valence-corrected chi connectivity index (χ2v) is 16.4. The van der Waals surface area contributed by atoms with Crippen LogP contribution in [0.2, 0.25) is 0 Å². The molecular weight excluding hydrogens is 777 g/mol. The number of hydrogen-bond donors (Lipinski definition) is 1. The molecule has 56 heavy (non-hydrogen) atoms. The Balaban J connectivity index is 1.68. The van der Waals surface area contributed by atoms with Crippen LogP contribution in [-0.2, 0) is 71.3 Å². The lowest BCUT2D eigenvalue weighted by Gasteiger charge is -2.23. The monoisotopic (exact) mass is 844 g/mol. The highest BCUT2D eigenvalue weighted by molar-refractivity contribution is 8.77. The van der Waals surface area contributed by atoms with Crippen molar-refractivity contribution in [3.63, 3.8) is 0 Å². The molecule has 0 aliphatic carbocycles. The van der Waals surface area contributed by atoms with Gasteiger partial charge in [0, 0.05) is 24.6 Å². The number of likely N-dealkylation sites (tertiary alicyclic amines) is 1. The van der Waals surface area contributed by atoms with Crippen molar-refractivity contribution in [2.75, 3.05) is 158 Å². The van der Waals surface area contributed by atoms with Gasteiger partial charge in [0.15, 0.2) is 0 Å². The second-order valence-electron chi connectivity index (χ2n) is 13.3. The number of imide groups is 1. The van der Waals surface area contributed by atoms with Crippen LogP contribution in [0.4, 0.5) is 0 Å². The van der Waals surface area contributed by atoms with Crippen LogP contribution < -0.4 is 5.32 Å². The molecule has 328 valence electrons. The van der Waals surface area contributed by atoms with Gasteiger partial charge >= 0.3 is 5.97 Å². The molecule has 1 aliphatic rings. The van der Waals surface area contributed by atoms with Crippen LogP contribution in [0.15, 0.2) is 0 Å². The Morgan fingerprint density at radius 1 is 0.661 bits per heavy atom. The van der Waals surface area contributed by atoms with Crippen molar-refractivity contribution in [3.8, 4) is 0 Å². The van der Waals surface area contributed by atoms with E-state index < -0.39 is 5.91 Å². The van der Waals surface area contributed by atoms with Crippen molar-refractivity contribution in [3.05, 3.63) is 0 Å². The average Bonchev–Trinajstić information content (AvgIpc) is 3.40. The first-order valence-corrected chi connectivity index (χ1v) is 21.7. The van der Waals surface area contributed by atoms with E-state index in [1.165, 1.54) is 0 Å². The first-order chi connectivity index (χ1) is 27.0. The molecule has 17 nitrogen and oxygen atoms in total. The molecule has 0 spiro atoms. The van der Waals surface area contributed by atoms with Crippen molar-refractivity contribution in [2.45, 2.75) is 45.8 Å². The van der Waals surface area contributed by atoms with Crippen LogP contribution in [0.3, 0.4) is 0 Å². The van der Waals surface area contributed by atoms with Gasteiger partial charge in [0.1, 0.15) is 13.2 Å². The summed E-state index contributed by atoms with van der Waals surface area (Å²) in [6.07, 6.45) is 0.153. The first kappa shape index (κ1) is 52.4. The van der Waals surface area contributed by atoms with E-state index in [9.17, 15) is 19.2 Å². The molecule has 0 saturated carbocycles. The third-order valence-electron chi connectivity index (χ3n) is 7.32. The van der Waals surface area contributed by atoms with E-state index in [4.69, 9.17) is 52.1 Å². The van der Waals surface area contributed by atoms with Gasteiger partial charge in [0.05, 0.1) is 143 Å². The number of hydrogen-bond acceptors (Lipinski definition) is 17. The molecule has 1 rings (SSSR count). The Morgan fingerprint density at radius 3 is 1.39 bits per heavy atom. The first-order valence-electron chi connectivity index (χ1n) is 19.4. The van der Waals surface area contributed by atoms with Crippen molar-refractivity contribution in [2.24, 2.45) is 11.8 Å². The largest absolute Gasteiger partial charge is 0.464 e. The van der Waals surface area contributed by atoms with Crippen molar-refractivity contribution < 1.29 is 71.3 Å². The molecule has 1 fully saturated rings. The van der Waals surface area contributed by atoms with E-state index in [2.05, 4.69) is 19.2 Å². The zero-order valence-electron chi connectivity index (χ0n) is 34.2. The summed E-state index contributed by atoms with van der Waals surface area (Å²) in [5, 5.41) is 2.63. The summed E-state index contributed by atoms with van der Waals surface area (Å²) in [5.41, 5.74) is 0. The number of amides is 3. The minimum Gasteiger partial charge on any atom is -0.464 e. The summed E-state index contributed by atoms with van der Waals surface area (Å²) in [5.74, 6) is -0.814.